The van der Waals surface area contributed by atoms with E-state index in [4.69, 9.17) is 0 Å². The van der Waals surface area contributed by atoms with Crippen LogP contribution in [0.1, 0.15) is 6.42 Å². The van der Waals surface area contributed by atoms with Gasteiger partial charge in [0, 0.05) is 0 Å². The van der Waals surface area contributed by atoms with Crippen molar-refractivity contribution in [2.45, 2.75) is 6.42 Å². The molecule has 0 spiro atoms. The smallest absolute Gasteiger partial charge is 0.368 e. The summed E-state index contributed by atoms with van der Waals surface area (Å²) in [6, 6.07) is 0. The van der Waals surface area contributed by atoms with Crippen molar-refractivity contribution in [3.63, 3.8) is 0 Å². The number of rotatable bonds is 0. The van der Waals surface area contributed by atoms with Crippen molar-refractivity contribution in [2.75, 3.05) is 0 Å². The second kappa shape index (κ2) is 4.69. The molecule has 0 unspecified atom stereocenters. The molecule has 0 atom stereocenters. The van der Waals surface area contributed by atoms with E-state index in [1.54, 1.807) is 0 Å². The summed E-state index contributed by atoms with van der Waals surface area (Å²) in [5.74, 6) is 0. The molecule has 1 aliphatic heterocycles. The third-order valence-corrected chi connectivity index (χ3v) is 0.700. The first-order valence-corrected chi connectivity index (χ1v) is 2.06. The largest absolute Gasteiger partial charge is 2.00 e. The number of dihydropyridines is 1. The van der Waals surface area contributed by atoms with Gasteiger partial charge in [0.2, 0.25) is 0 Å². The van der Waals surface area contributed by atoms with Crippen LogP contribution in [0.15, 0.2) is 24.6 Å². The van der Waals surface area contributed by atoms with Gasteiger partial charge in [-0.15, -0.1) is 0 Å². The predicted octanol–water partition coefficient (Wildman–Crippen LogP) is 0.626. The monoisotopic (exact) mass is 121 g/mol. The molecule has 0 radical (unpaired) electrons. The second-order valence-corrected chi connectivity index (χ2v) is 1.21. The zero-order valence-corrected chi connectivity index (χ0v) is 6.43. The Morgan fingerprint density at radius 1 is 1.14 bits per heavy atom. The SMILES string of the molecule is C1=CNC=CC1.[Ca+2]. The molecule has 1 N–H and O–H groups in total. The Kier molecular flexibility index (Phi) is 5.05. The summed E-state index contributed by atoms with van der Waals surface area (Å²) in [4.78, 5) is 0. The topological polar surface area (TPSA) is 12.0 Å². The Morgan fingerprint density at radius 3 is 1.86 bits per heavy atom. The molecule has 0 aromatic rings. The maximum absolute atomic E-state index is 2.92. The fraction of sp³-hybridized carbons (Fsp3) is 0.200. The second-order valence-electron chi connectivity index (χ2n) is 1.21. The van der Waals surface area contributed by atoms with Gasteiger partial charge in [0.15, 0.2) is 0 Å². The van der Waals surface area contributed by atoms with E-state index in [0.717, 1.165) is 6.42 Å². The first-order valence-electron chi connectivity index (χ1n) is 2.06. The van der Waals surface area contributed by atoms with E-state index >= 15 is 0 Å². The molecule has 1 heterocycles. The van der Waals surface area contributed by atoms with E-state index in [9.17, 15) is 0 Å². The van der Waals surface area contributed by atoms with Crippen LogP contribution in [0, 0.1) is 0 Å². The van der Waals surface area contributed by atoms with Crippen molar-refractivity contribution < 1.29 is 0 Å². The van der Waals surface area contributed by atoms with Crippen LogP contribution in [0.25, 0.3) is 0 Å². The van der Waals surface area contributed by atoms with Gasteiger partial charge in [0.1, 0.15) is 0 Å². The molecular weight excluding hydrogens is 114 g/mol. The van der Waals surface area contributed by atoms with Gasteiger partial charge in [0.25, 0.3) is 0 Å². The fourth-order valence-electron chi connectivity index (χ4n) is 0.406. The van der Waals surface area contributed by atoms with Crippen LogP contribution in [0.4, 0.5) is 0 Å². The number of hydrogen-bond acceptors (Lipinski definition) is 1. The van der Waals surface area contributed by atoms with E-state index in [1.807, 2.05) is 12.4 Å². The number of nitrogens with one attached hydrogen (secondary N) is 1. The summed E-state index contributed by atoms with van der Waals surface area (Å²) >= 11 is 0. The molecule has 0 amide bonds. The molecule has 0 fully saturated rings. The van der Waals surface area contributed by atoms with Gasteiger partial charge in [-0.2, -0.15) is 0 Å². The summed E-state index contributed by atoms with van der Waals surface area (Å²) in [6.45, 7) is 0. The maximum Gasteiger partial charge on any atom is 2.00 e. The van der Waals surface area contributed by atoms with E-state index in [1.165, 1.54) is 0 Å². The summed E-state index contributed by atoms with van der Waals surface area (Å²) in [6.07, 6.45) is 9.08. The summed E-state index contributed by atoms with van der Waals surface area (Å²) in [7, 11) is 0. The molecule has 0 bridgehead atoms. The van der Waals surface area contributed by atoms with Gasteiger partial charge in [-0.3, -0.25) is 0 Å². The van der Waals surface area contributed by atoms with Gasteiger partial charge >= 0.3 is 37.7 Å². The van der Waals surface area contributed by atoms with E-state index in [-0.39, 0.29) is 37.7 Å². The van der Waals surface area contributed by atoms with Crippen molar-refractivity contribution in [3.05, 3.63) is 24.6 Å². The minimum Gasteiger partial charge on any atom is -0.368 e. The molecule has 1 aliphatic rings. The van der Waals surface area contributed by atoms with Crippen molar-refractivity contribution in [1.29, 1.82) is 0 Å². The van der Waals surface area contributed by atoms with Crippen LogP contribution < -0.4 is 5.32 Å². The standard InChI is InChI=1S/C5H7N.Ca/c1-2-4-6-5-3-1;/h2-6H,1H2;/q;+2. The molecule has 0 aliphatic carbocycles. The van der Waals surface area contributed by atoms with Gasteiger partial charge in [-0.05, 0) is 18.8 Å². The zero-order chi connectivity index (χ0) is 4.24. The molecule has 0 aromatic carbocycles. The van der Waals surface area contributed by atoms with Crippen LogP contribution in [0.3, 0.4) is 0 Å². The third-order valence-electron chi connectivity index (χ3n) is 0.700. The predicted molar refractivity (Wildman–Crippen MR) is 31.8 cm³/mol. The molecule has 1 rings (SSSR count). The van der Waals surface area contributed by atoms with Crippen LogP contribution >= 0.6 is 0 Å². The number of allylic oxidation sites excluding steroid dienone is 2. The third kappa shape index (κ3) is 3.15. The molecule has 1 nitrogen and oxygen atoms in total. The quantitative estimate of drug-likeness (QED) is 0.463. The summed E-state index contributed by atoms with van der Waals surface area (Å²) in [5, 5.41) is 2.92. The van der Waals surface area contributed by atoms with Crippen LogP contribution in [-0.2, 0) is 0 Å². The minimum absolute atomic E-state index is 0. The first-order chi connectivity index (χ1) is 3.00. The molecule has 0 aromatic heterocycles. The van der Waals surface area contributed by atoms with Crippen molar-refractivity contribution >= 4 is 37.7 Å². The Bertz CT molecular complexity index is 66.1. The molecule has 7 heavy (non-hydrogen) atoms. The van der Waals surface area contributed by atoms with Crippen LogP contribution in [0.2, 0.25) is 0 Å². The zero-order valence-electron chi connectivity index (χ0n) is 4.22. The Hall–Kier alpha value is 0.540. The fourth-order valence-corrected chi connectivity index (χ4v) is 0.406. The van der Waals surface area contributed by atoms with Crippen molar-refractivity contribution in [2.24, 2.45) is 0 Å². The normalized spacial score (nSPS) is 14.9. The minimum atomic E-state index is 0. The van der Waals surface area contributed by atoms with Crippen LogP contribution in [0.5, 0.6) is 0 Å². The van der Waals surface area contributed by atoms with Crippen molar-refractivity contribution in [3.8, 4) is 0 Å². The first kappa shape index (κ1) is 7.54. The Morgan fingerprint density at radius 2 is 1.71 bits per heavy atom. The van der Waals surface area contributed by atoms with Gasteiger partial charge < -0.3 is 5.32 Å². The Labute approximate surface area is 73.5 Å². The number of hydrogen-bond donors (Lipinski definition) is 1. The average Bonchev–Trinajstić information content (AvgIpc) is 1.72. The van der Waals surface area contributed by atoms with E-state index in [0.29, 0.717) is 0 Å². The Balaban J connectivity index is 0.000000360. The molecule has 2 heteroatoms. The summed E-state index contributed by atoms with van der Waals surface area (Å²) in [5.41, 5.74) is 0. The molecule has 32 valence electrons. The average molecular weight is 121 g/mol. The molecule has 0 saturated heterocycles. The molecule has 0 saturated carbocycles. The van der Waals surface area contributed by atoms with Crippen molar-refractivity contribution in [1.82, 2.24) is 5.32 Å². The van der Waals surface area contributed by atoms with Crippen LogP contribution in [-0.4, -0.2) is 37.7 Å². The summed E-state index contributed by atoms with van der Waals surface area (Å²) < 4.78 is 0. The van der Waals surface area contributed by atoms with Gasteiger partial charge in [0.05, 0.1) is 0 Å². The maximum atomic E-state index is 2.92. The van der Waals surface area contributed by atoms with E-state index < -0.39 is 0 Å². The molecular formula is C5H7CaN+2. The van der Waals surface area contributed by atoms with Gasteiger partial charge in [-0.25, -0.2) is 0 Å². The van der Waals surface area contributed by atoms with Gasteiger partial charge in [-0.1, -0.05) is 12.2 Å². The van der Waals surface area contributed by atoms with E-state index in [2.05, 4.69) is 17.5 Å².